The molecule has 1 aromatic carbocycles. The Bertz CT molecular complexity index is 717. The molecule has 0 saturated heterocycles. The second-order valence-electron chi connectivity index (χ2n) is 5.00. The molecule has 3 radical (unpaired) electrons. The Labute approximate surface area is 175 Å². The fourth-order valence-electron chi connectivity index (χ4n) is 1.99. The van der Waals surface area contributed by atoms with Crippen LogP contribution in [0.5, 0.6) is 5.75 Å². The maximum absolute atomic E-state index is 5.12. The summed E-state index contributed by atoms with van der Waals surface area (Å²) in [6, 6.07) is 7.63. The van der Waals surface area contributed by atoms with Crippen LogP contribution in [0.3, 0.4) is 0 Å². The van der Waals surface area contributed by atoms with Crippen molar-refractivity contribution in [2.75, 3.05) is 14.2 Å². The third kappa shape index (κ3) is 8.14. The molecule has 26 heavy (non-hydrogen) atoms. The van der Waals surface area contributed by atoms with Crippen LogP contribution in [0.25, 0.3) is 0 Å². The summed E-state index contributed by atoms with van der Waals surface area (Å²) in [5.74, 6) is 0.826. The van der Waals surface area contributed by atoms with Gasteiger partial charge in [0.05, 0.1) is 18.5 Å². The molecule has 0 atom stereocenters. The predicted molar refractivity (Wildman–Crippen MR) is 99.3 cm³/mol. The summed E-state index contributed by atoms with van der Waals surface area (Å²) < 4.78 is 10.2. The van der Waals surface area contributed by atoms with Gasteiger partial charge in [-0.15, -0.1) is 5.73 Å². The third-order valence-corrected chi connectivity index (χ3v) is 3.33. The molecule has 2 aliphatic carbocycles. The van der Waals surface area contributed by atoms with Crippen molar-refractivity contribution in [3.05, 3.63) is 90.6 Å². The van der Waals surface area contributed by atoms with Crippen molar-refractivity contribution < 1.29 is 42.0 Å². The molecule has 0 fully saturated rings. The molecule has 0 saturated carbocycles. The number of nitrogens with zero attached hydrogens (tertiary/aromatic N) is 1. The van der Waals surface area contributed by atoms with Crippen LogP contribution in [0.4, 0.5) is 5.69 Å². The fourth-order valence-corrected chi connectivity index (χ4v) is 1.99. The van der Waals surface area contributed by atoms with Crippen molar-refractivity contribution in [3.8, 4) is 5.75 Å². The molecule has 139 valence electrons. The molecule has 0 N–H and O–H groups in total. The van der Waals surface area contributed by atoms with E-state index in [0.717, 1.165) is 28.8 Å². The van der Waals surface area contributed by atoms with Crippen molar-refractivity contribution >= 4 is 11.4 Å². The third-order valence-electron chi connectivity index (χ3n) is 3.33. The summed E-state index contributed by atoms with van der Waals surface area (Å²) in [7, 11) is 3.29. The maximum Gasteiger partial charge on any atom is 0.148 e. The Kier molecular flexibility index (Phi) is 12.7. The van der Waals surface area contributed by atoms with E-state index in [9.17, 15) is 0 Å². The summed E-state index contributed by atoms with van der Waals surface area (Å²) >= 11 is 0. The van der Waals surface area contributed by atoms with E-state index in [-0.39, 0.29) is 32.5 Å². The van der Waals surface area contributed by atoms with Gasteiger partial charge < -0.3 is 21.9 Å². The zero-order valence-electron chi connectivity index (χ0n) is 14.9. The van der Waals surface area contributed by atoms with E-state index >= 15 is 0 Å². The number of allylic oxidation sites excluding steroid dienone is 5. The molecule has 2 aliphatic rings. The van der Waals surface area contributed by atoms with E-state index in [1.807, 2.05) is 80.1 Å². The molecule has 5 heteroatoms. The Morgan fingerprint density at radius 1 is 0.923 bits per heavy atom. The quantitative estimate of drug-likeness (QED) is 0.427. The molecule has 0 unspecified atom stereocenters. The van der Waals surface area contributed by atoms with Crippen molar-refractivity contribution in [1.29, 1.82) is 0 Å². The Hall–Kier alpha value is -1.67. The van der Waals surface area contributed by atoms with Gasteiger partial charge in [-0.2, -0.15) is 0 Å². The van der Waals surface area contributed by atoms with Gasteiger partial charge in [0, 0.05) is 39.2 Å². The Balaban J connectivity index is 0.000000774. The van der Waals surface area contributed by atoms with Gasteiger partial charge in [0.25, 0.3) is 0 Å². The van der Waals surface area contributed by atoms with Crippen LogP contribution in [0.1, 0.15) is 6.92 Å². The molecule has 3 rings (SSSR count). The molecule has 0 amide bonds. The zero-order valence-corrected chi connectivity index (χ0v) is 18.1. The molecule has 3 nitrogen and oxygen atoms in total. The van der Waals surface area contributed by atoms with Gasteiger partial charge in [0.2, 0.25) is 0 Å². The Morgan fingerprint density at radius 2 is 1.58 bits per heavy atom. The van der Waals surface area contributed by atoms with E-state index in [4.69, 9.17) is 9.47 Å². The predicted octanol–water partition coefficient (Wildman–Crippen LogP) is 1.94. The molecule has 0 aromatic heterocycles. The van der Waals surface area contributed by atoms with Gasteiger partial charge in [-0.25, -0.2) is 0 Å². The molecule has 1 aromatic rings. The normalized spacial score (nSPS) is 14.7. The fraction of sp³-hybridized carbons (Fsp3) is 0.143. The van der Waals surface area contributed by atoms with E-state index < -0.39 is 0 Å². The van der Waals surface area contributed by atoms with Crippen molar-refractivity contribution in [2.45, 2.75) is 6.92 Å². The standard InChI is InChI=1S/C16H16NO2.C5H5.ClH.Ir/c1-12(13-4-8-15(18-2)9-5-13)17-14-6-10-16(19-3)11-7-14;1-2-4-5-3-1;;/h4,6-11H,1-3H3;1-5H;1H;/p-1. The first-order valence-electron chi connectivity index (χ1n) is 7.65. The first-order chi connectivity index (χ1) is 11.7. The topological polar surface area (TPSA) is 30.8 Å². The van der Waals surface area contributed by atoms with Crippen LogP contribution in [0, 0.1) is 12.5 Å². The van der Waals surface area contributed by atoms with Gasteiger partial charge in [0.15, 0.2) is 0 Å². The van der Waals surface area contributed by atoms with Crippen LogP contribution in [-0.4, -0.2) is 19.9 Å². The summed E-state index contributed by atoms with van der Waals surface area (Å²) in [5.41, 5.74) is 5.91. The van der Waals surface area contributed by atoms with Gasteiger partial charge in [-0.3, -0.25) is 4.99 Å². The number of rotatable bonds is 4. The largest absolute Gasteiger partial charge is 1.00 e. The van der Waals surface area contributed by atoms with E-state index in [0.29, 0.717) is 0 Å². The van der Waals surface area contributed by atoms with Crippen LogP contribution in [0.2, 0.25) is 0 Å². The van der Waals surface area contributed by atoms with Crippen LogP contribution >= 0.6 is 0 Å². The molecule has 0 spiro atoms. The second-order valence-corrected chi connectivity index (χ2v) is 5.00. The van der Waals surface area contributed by atoms with Crippen molar-refractivity contribution in [1.82, 2.24) is 0 Å². The second kappa shape index (κ2) is 13.5. The number of hydrogen-bond acceptors (Lipinski definition) is 3. The molecule has 0 heterocycles. The smallest absolute Gasteiger partial charge is 0.148 e. The number of aliphatic imine (C=N–C) groups is 1. The SMILES string of the molecule is CO[C]1C=C=C(C(C)=Nc2ccc(OC)cc2)C=C1.[CH]1C=CC=C1.[Cl-].[Ir]. The van der Waals surface area contributed by atoms with E-state index in [1.165, 1.54) is 0 Å². The van der Waals surface area contributed by atoms with E-state index in [1.54, 1.807) is 14.2 Å². The average molecular weight is 547 g/mol. The zero-order chi connectivity index (χ0) is 17.2. The summed E-state index contributed by atoms with van der Waals surface area (Å²) in [6.45, 7) is 1.96. The van der Waals surface area contributed by atoms with Crippen molar-refractivity contribution in [3.63, 3.8) is 0 Å². The summed E-state index contributed by atoms with van der Waals surface area (Å²) in [6.07, 6.45) is 16.4. The minimum atomic E-state index is 0. The molecule has 0 aliphatic heterocycles. The van der Waals surface area contributed by atoms with Crippen LogP contribution < -0.4 is 17.1 Å². The molecular weight excluding hydrogens is 526 g/mol. The number of ether oxygens (including phenoxy) is 2. The van der Waals surface area contributed by atoms with E-state index in [2.05, 4.69) is 10.7 Å². The minimum Gasteiger partial charge on any atom is -1.00 e. The average Bonchev–Trinajstić information content (AvgIpc) is 3.22. The first kappa shape index (κ1) is 24.3. The monoisotopic (exact) mass is 547 g/mol. The van der Waals surface area contributed by atoms with Crippen LogP contribution in [0.15, 0.2) is 83.1 Å². The van der Waals surface area contributed by atoms with Gasteiger partial charge >= 0.3 is 0 Å². The molecule has 0 bridgehead atoms. The number of halogens is 1. The first-order valence-corrected chi connectivity index (χ1v) is 7.65. The van der Waals surface area contributed by atoms with Gasteiger partial charge in [-0.05, 0) is 49.4 Å². The summed E-state index contributed by atoms with van der Waals surface area (Å²) in [5, 5.41) is 0. The Morgan fingerprint density at radius 3 is 2.00 bits per heavy atom. The van der Waals surface area contributed by atoms with Crippen LogP contribution in [-0.2, 0) is 24.8 Å². The van der Waals surface area contributed by atoms with Gasteiger partial charge in [0.1, 0.15) is 11.9 Å². The van der Waals surface area contributed by atoms with Gasteiger partial charge in [-0.1, -0.05) is 24.3 Å². The number of methoxy groups -OCH3 is 2. The summed E-state index contributed by atoms with van der Waals surface area (Å²) in [4.78, 5) is 4.55. The minimum absolute atomic E-state index is 0. The number of benzene rings is 1. The maximum atomic E-state index is 5.12. The molecular formula is C21H21ClIrNO2-. The number of hydrogen-bond donors (Lipinski definition) is 0. The van der Waals surface area contributed by atoms with Crippen molar-refractivity contribution in [2.24, 2.45) is 4.99 Å².